The number of rotatable bonds is 10. The van der Waals surface area contributed by atoms with Gasteiger partial charge in [-0.2, -0.15) is 0 Å². The molecule has 3 saturated heterocycles. The maximum atomic E-state index is 13.1. The summed E-state index contributed by atoms with van der Waals surface area (Å²) in [6.45, 7) is 9.30. The van der Waals surface area contributed by atoms with E-state index in [4.69, 9.17) is 14.2 Å². The van der Waals surface area contributed by atoms with Crippen molar-refractivity contribution in [3.63, 3.8) is 0 Å². The van der Waals surface area contributed by atoms with Crippen LogP contribution in [0, 0.1) is 10.8 Å². The lowest BCUT2D eigenvalue weighted by molar-refractivity contribution is -0.253. The number of aliphatic hydroxyl groups is 1. The summed E-state index contributed by atoms with van der Waals surface area (Å²) in [7, 11) is 0. The first-order valence-electron chi connectivity index (χ1n) is 18.1. The van der Waals surface area contributed by atoms with E-state index in [0.29, 0.717) is 16.9 Å². The van der Waals surface area contributed by atoms with Gasteiger partial charge in [0.1, 0.15) is 12.6 Å². The molecule has 2 N–H and O–H groups in total. The van der Waals surface area contributed by atoms with Gasteiger partial charge in [0, 0.05) is 31.1 Å². The zero-order chi connectivity index (χ0) is 35.8. The topological polar surface area (TPSA) is 118 Å². The number of carbonyl (C=O) groups excluding carboxylic acids is 3. The molecule has 1 saturated carbocycles. The van der Waals surface area contributed by atoms with Crippen LogP contribution in [-0.4, -0.2) is 64.1 Å². The molecule has 0 radical (unpaired) electrons. The van der Waals surface area contributed by atoms with Crippen LogP contribution in [0.25, 0.3) is 0 Å². The number of hydrogen-bond donors (Lipinski definition) is 2. The van der Waals surface area contributed by atoms with Gasteiger partial charge in [-0.3, -0.25) is 19.4 Å². The van der Waals surface area contributed by atoms with E-state index < -0.39 is 24.3 Å². The number of likely N-dealkylation sites (tertiary alicyclic amines) is 2. The van der Waals surface area contributed by atoms with Gasteiger partial charge >= 0.3 is 6.09 Å². The van der Waals surface area contributed by atoms with Crippen molar-refractivity contribution in [3.05, 3.63) is 107 Å². The SMILES string of the molecule is CC1(C)CC2CC(C)(CN2C[C@@H]2C[C@H](c3ccc(CO)cc3)O[C@H](c3ccc(CN4C(=O)CC(NC(=O)OCc5ccccc5)C4=O)cc3)O2)C1. The molecule has 2 bridgehead atoms. The van der Waals surface area contributed by atoms with Crippen LogP contribution in [-0.2, 0) is 43.6 Å². The summed E-state index contributed by atoms with van der Waals surface area (Å²) in [6, 6.07) is 24.4. The first kappa shape index (κ1) is 35.3. The quantitative estimate of drug-likeness (QED) is 0.242. The summed E-state index contributed by atoms with van der Waals surface area (Å²) in [6.07, 6.45) is 2.72. The molecule has 3 aromatic rings. The van der Waals surface area contributed by atoms with E-state index in [1.807, 2.05) is 78.9 Å². The van der Waals surface area contributed by atoms with E-state index in [1.165, 1.54) is 24.2 Å². The molecule has 4 fully saturated rings. The molecule has 3 amide bonds. The molecule has 0 spiro atoms. The Labute approximate surface area is 300 Å². The average Bonchev–Trinajstić information content (AvgIpc) is 3.51. The van der Waals surface area contributed by atoms with Crippen molar-refractivity contribution in [2.45, 2.75) is 103 Å². The average molecular weight is 696 g/mol. The molecule has 10 nitrogen and oxygen atoms in total. The summed E-state index contributed by atoms with van der Waals surface area (Å²) in [5.74, 6) is -0.806. The van der Waals surface area contributed by atoms with E-state index in [1.54, 1.807) is 0 Å². The summed E-state index contributed by atoms with van der Waals surface area (Å²) in [5, 5.41) is 12.1. The van der Waals surface area contributed by atoms with Gasteiger partial charge in [0.15, 0.2) is 6.29 Å². The van der Waals surface area contributed by atoms with Crippen molar-refractivity contribution in [2.75, 3.05) is 13.1 Å². The highest BCUT2D eigenvalue weighted by atomic mass is 16.7. The number of ether oxygens (including phenoxy) is 3. The smallest absolute Gasteiger partial charge is 0.408 e. The van der Waals surface area contributed by atoms with Gasteiger partial charge in [0.2, 0.25) is 5.91 Å². The summed E-state index contributed by atoms with van der Waals surface area (Å²) in [4.78, 5) is 42.2. The number of nitrogens with zero attached hydrogens (tertiary/aromatic N) is 2. The van der Waals surface area contributed by atoms with Crippen LogP contribution in [0.4, 0.5) is 4.79 Å². The fourth-order valence-electron chi connectivity index (χ4n) is 8.92. The summed E-state index contributed by atoms with van der Waals surface area (Å²) < 4.78 is 18.5. The Bertz CT molecular complexity index is 1710. The molecule has 3 aliphatic heterocycles. The molecule has 3 unspecified atom stereocenters. The van der Waals surface area contributed by atoms with Crippen LogP contribution >= 0.6 is 0 Å². The van der Waals surface area contributed by atoms with Gasteiger partial charge in [-0.1, -0.05) is 99.6 Å². The Kier molecular flexibility index (Phi) is 10.0. The van der Waals surface area contributed by atoms with Crippen molar-refractivity contribution in [2.24, 2.45) is 10.8 Å². The van der Waals surface area contributed by atoms with Crippen LogP contribution in [0.15, 0.2) is 78.9 Å². The van der Waals surface area contributed by atoms with Gasteiger partial charge in [0.25, 0.3) is 5.91 Å². The fourth-order valence-corrected chi connectivity index (χ4v) is 8.92. The van der Waals surface area contributed by atoms with Crippen molar-refractivity contribution in [3.8, 4) is 0 Å². The van der Waals surface area contributed by atoms with E-state index in [0.717, 1.165) is 47.3 Å². The first-order chi connectivity index (χ1) is 24.5. The second kappa shape index (κ2) is 14.5. The Balaban J connectivity index is 1.00. The normalized spacial score (nSPS) is 28.9. The van der Waals surface area contributed by atoms with Gasteiger partial charge in [-0.15, -0.1) is 0 Å². The lowest BCUT2D eigenvalue weighted by Gasteiger charge is -2.41. The largest absolute Gasteiger partial charge is 0.445 e. The van der Waals surface area contributed by atoms with Crippen LogP contribution in [0.2, 0.25) is 0 Å². The van der Waals surface area contributed by atoms with Crippen molar-refractivity contribution in [1.82, 2.24) is 15.1 Å². The number of nitrogens with one attached hydrogen (secondary N) is 1. The van der Waals surface area contributed by atoms with E-state index in [9.17, 15) is 19.5 Å². The van der Waals surface area contributed by atoms with Crippen LogP contribution in [0.1, 0.15) is 93.1 Å². The number of fused-ring (bicyclic) bond motifs is 2. The highest BCUT2D eigenvalue weighted by Gasteiger charge is 2.50. The lowest BCUT2D eigenvalue weighted by atomic mass is 9.65. The van der Waals surface area contributed by atoms with Crippen LogP contribution in [0.5, 0.6) is 0 Å². The predicted molar refractivity (Wildman–Crippen MR) is 190 cm³/mol. The molecule has 1 aliphatic carbocycles. The third kappa shape index (κ3) is 8.20. The monoisotopic (exact) mass is 695 g/mol. The van der Waals surface area contributed by atoms with Crippen molar-refractivity contribution in [1.29, 1.82) is 0 Å². The minimum absolute atomic E-state index is 0.00886. The molecule has 6 atom stereocenters. The van der Waals surface area contributed by atoms with Gasteiger partial charge < -0.3 is 24.6 Å². The standard InChI is InChI=1S/C41H49N3O7/c1-40(2)19-32-20-41(3,25-40)26-43(32)22-33-17-35(30-13-11-28(23-45)12-14-30)51-38(50-33)31-15-9-27(10-16-31)21-44-36(46)18-34(37(44)47)42-39(48)49-24-29-7-5-4-6-8-29/h4-16,32-35,38,45H,17-26H2,1-3H3,(H,42,48)/t32?,33-,34?,35+,38+,41?/m0/s1. The van der Waals surface area contributed by atoms with Crippen LogP contribution < -0.4 is 5.32 Å². The zero-order valence-corrected chi connectivity index (χ0v) is 29.8. The third-order valence-corrected chi connectivity index (χ3v) is 10.9. The molecule has 51 heavy (non-hydrogen) atoms. The molecule has 3 heterocycles. The second-order valence-corrected chi connectivity index (χ2v) is 16.0. The number of imide groups is 1. The van der Waals surface area contributed by atoms with Crippen molar-refractivity contribution >= 4 is 17.9 Å². The molecule has 0 aromatic heterocycles. The first-order valence-corrected chi connectivity index (χ1v) is 18.1. The number of alkyl carbamates (subject to hydrolysis) is 1. The van der Waals surface area contributed by atoms with Gasteiger partial charge in [0.05, 0.1) is 31.8 Å². The Morgan fingerprint density at radius 3 is 2.33 bits per heavy atom. The predicted octanol–water partition coefficient (Wildman–Crippen LogP) is 6.18. The number of hydrogen-bond acceptors (Lipinski definition) is 8. The summed E-state index contributed by atoms with van der Waals surface area (Å²) >= 11 is 0. The zero-order valence-electron chi connectivity index (χ0n) is 29.8. The Hall–Kier alpha value is -4.09. The maximum Gasteiger partial charge on any atom is 0.408 e. The molecule has 7 rings (SSSR count). The fraction of sp³-hybridized carbons (Fsp3) is 0.488. The molecular formula is C41H49N3O7. The Morgan fingerprint density at radius 1 is 0.902 bits per heavy atom. The lowest BCUT2D eigenvalue weighted by Crippen LogP contribution is -2.42. The van der Waals surface area contributed by atoms with Gasteiger partial charge in [-0.05, 0) is 52.3 Å². The molecular weight excluding hydrogens is 646 g/mol. The minimum Gasteiger partial charge on any atom is -0.445 e. The number of carbonyl (C=O) groups is 3. The minimum atomic E-state index is -0.965. The molecule has 4 aliphatic rings. The van der Waals surface area contributed by atoms with E-state index >= 15 is 0 Å². The third-order valence-electron chi connectivity index (χ3n) is 10.9. The molecule has 3 aromatic carbocycles. The highest BCUT2D eigenvalue weighted by Crippen LogP contribution is 2.53. The number of aliphatic hydroxyl groups excluding tert-OH is 1. The maximum absolute atomic E-state index is 13.1. The van der Waals surface area contributed by atoms with E-state index in [2.05, 4.69) is 31.0 Å². The van der Waals surface area contributed by atoms with E-state index in [-0.39, 0.29) is 44.3 Å². The molecule has 270 valence electrons. The Morgan fingerprint density at radius 2 is 1.61 bits per heavy atom. The molecule has 10 heteroatoms. The summed E-state index contributed by atoms with van der Waals surface area (Å²) in [5.41, 5.74) is 5.02. The van der Waals surface area contributed by atoms with Crippen molar-refractivity contribution < 1.29 is 33.7 Å². The van der Waals surface area contributed by atoms with Crippen LogP contribution in [0.3, 0.4) is 0 Å². The number of amides is 3. The van der Waals surface area contributed by atoms with Gasteiger partial charge in [-0.25, -0.2) is 4.79 Å². The highest BCUT2D eigenvalue weighted by molar-refractivity contribution is 6.06. The second-order valence-electron chi connectivity index (χ2n) is 16.0. The number of benzene rings is 3.